The lowest BCUT2D eigenvalue weighted by Crippen LogP contribution is -2.24. The molecule has 0 amide bonds. The maximum absolute atomic E-state index is 12.4. The Morgan fingerprint density at radius 3 is 2.54 bits per heavy atom. The average Bonchev–Trinajstić information content (AvgIpc) is 2.59. The highest BCUT2D eigenvalue weighted by molar-refractivity contribution is 7.89. The molecule has 0 fully saturated rings. The molecule has 2 rings (SSSR count). The predicted octanol–water partition coefficient (Wildman–Crippen LogP) is 2.69. The molecule has 2 aromatic rings. The van der Waals surface area contributed by atoms with Crippen LogP contribution < -0.4 is 14.2 Å². The highest BCUT2D eigenvalue weighted by Crippen LogP contribution is 2.27. The molecule has 5 nitrogen and oxygen atoms in total. The van der Waals surface area contributed by atoms with Crippen LogP contribution in [-0.4, -0.2) is 29.2 Å². The van der Waals surface area contributed by atoms with Crippen LogP contribution in [-0.2, 0) is 10.0 Å². The van der Waals surface area contributed by atoms with Gasteiger partial charge in [-0.3, -0.25) is 0 Å². The van der Waals surface area contributed by atoms with Gasteiger partial charge in [0.2, 0.25) is 10.0 Å². The molecular formula is C17H16ClNO4S. The van der Waals surface area contributed by atoms with E-state index in [1.165, 1.54) is 26.4 Å². The minimum atomic E-state index is -3.79. The van der Waals surface area contributed by atoms with Crippen LogP contribution in [0.4, 0.5) is 0 Å². The van der Waals surface area contributed by atoms with Crippen LogP contribution in [0, 0.1) is 11.8 Å². The Bertz CT molecular complexity index is 885. The van der Waals surface area contributed by atoms with Gasteiger partial charge in [-0.25, -0.2) is 8.42 Å². The van der Waals surface area contributed by atoms with Gasteiger partial charge in [0.15, 0.2) is 0 Å². The summed E-state index contributed by atoms with van der Waals surface area (Å²) in [6, 6.07) is 11.6. The maximum Gasteiger partial charge on any atom is 0.245 e. The summed E-state index contributed by atoms with van der Waals surface area (Å²) in [7, 11) is -0.931. The number of hydrogen-bond acceptors (Lipinski definition) is 4. The molecule has 126 valence electrons. The van der Waals surface area contributed by atoms with Gasteiger partial charge < -0.3 is 9.47 Å². The molecule has 0 aromatic heterocycles. The summed E-state index contributed by atoms with van der Waals surface area (Å²) in [6.07, 6.45) is 0. The number of nitrogens with one attached hydrogen (secondary N) is 1. The zero-order valence-electron chi connectivity index (χ0n) is 13.2. The van der Waals surface area contributed by atoms with E-state index in [2.05, 4.69) is 16.6 Å². The first-order valence-electron chi connectivity index (χ1n) is 6.93. The van der Waals surface area contributed by atoms with Crippen molar-refractivity contribution in [3.8, 4) is 23.3 Å². The van der Waals surface area contributed by atoms with Gasteiger partial charge in [-0.05, 0) is 24.3 Å². The number of hydrogen-bond donors (Lipinski definition) is 1. The number of rotatable bonds is 5. The second kappa shape index (κ2) is 8.06. The zero-order valence-corrected chi connectivity index (χ0v) is 14.7. The van der Waals surface area contributed by atoms with E-state index in [9.17, 15) is 8.42 Å². The van der Waals surface area contributed by atoms with Crippen molar-refractivity contribution < 1.29 is 17.9 Å². The first kappa shape index (κ1) is 18.1. The van der Waals surface area contributed by atoms with Crippen molar-refractivity contribution in [3.05, 3.63) is 53.1 Å². The summed E-state index contributed by atoms with van der Waals surface area (Å²) < 4.78 is 37.4. The number of halogens is 1. The van der Waals surface area contributed by atoms with Gasteiger partial charge >= 0.3 is 0 Å². The van der Waals surface area contributed by atoms with Crippen LogP contribution in [0.3, 0.4) is 0 Å². The summed E-state index contributed by atoms with van der Waals surface area (Å²) in [5, 5.41) is 0.516. The molecule has 0 unspecified atom stereocenters. The van der Waals surface area contributed by atoms with Crippen molar-refractivity contribution in [1.29, 1.82) is 0 Å². The fraction of sp³-hybridized carbons (Fsp3) is 0.176. The summed E-state index contributed by atoms with van der Waals surface area (Å²) in [4.78, 5) is -0.0103. The molecule has 0 saturated carbocycles. The van der Waals surface area contributed by atoms with Gasteiger partial charge in [-0.2, -0.15) is 4.72 Å². The van der Waals surface area contributed by atoms with E-state index in [0.29, 0.717) is 16.3 Å². The normalized spacial score (nSPS) is 10.6. The summed E-state index contributed by atoms with van der Waals surface area (Å²) >= 11 is 5.99. The zero-order chi connectivity index (χ0) is 17.6. The molecule has 7 heteroatoms. The van der Waals surface area contributed by atoms with Crippen molar-refractivity contribution >= 4 is 21.6 Å². The Kier molecular flexibility index (Phi) is 6.10. The van der Waals surface area contributed by atoms with Gasteiger partial charge in [-0.1, -0.05) is 35.6 Å². The molecule has 0 heterocycles. The lowest BCUT2D eigenvalue weighted by molar-refractivity contribution is 0.392. The summed E-state index contributed by atoms with van der Waals surface area (Å²) in [5.41, 5.74) is 0.636. The Hall–Kier alpha value is -2.20. The molecule has 0 aliphatic rings. The predicted molar refractivity (Wildman–Crippen MR) is 93.1 cm³/mol. The molecule has 24 heavy (non-hydrogen) atoms. The average molecular weight is 366 g/mol. The van der Waals surface area contributed by atoms with E-state index < -0.39 is 10.0 Å². The van der Waals surface area contributed by atoms with Crippen molar-refractivity contribution in [2.75, 3.05) is 20.8 Å². The molecule has 0 spiro atoms. The van der Waals surface area contributed by atoms with E-state index in [1.807, 2.05) is 0 Å². The third-order valence-electron chi connectivity index (χ3n) is 3.11. The van der Waals surface area contributed by atoms with Crippen molar-refractivity contribution in [2.24, 2.45) is 0 Å². The molecule has 0 atom stereocenters. The molecular weight excluding hydrogens is 350 g/mol. The lowest BCUT2D eigenvalue weighted by Gasteiger charge is -2.10. The van der Waals surface area contributed by atoms with Gasteiger partial charge in [0.05, 0.1) is 25.8 Å². The SMILES string of the molecule is COc1ccc(OC)c(S(=O)(=O)NCC#Cc2ccccc2Cl)c1. The number of benzene rings is 2. The Labute approximate surface area is 146 Å². The lowest BCUT2D eigenvalue weighted by atomic mass is 10.2. The molecule has 1 N–H and O–H groups in total. The first-order valence-corrected chi connectivity index (χ1v) is 8.79. The minimum absolute atomic E-state index is 0.0103. The fourth-order valence-electron chi connectivity index (χ4n) is 1.90. The van der Waals surface area contributed by atoms with E-state index in [1.54, 1.807) is 30.3 Å². The highest BCUT2D eigenvalue weighted by Gasteiger charge is 2.19. The van der Waals surface area contributed by atoms with Crippen LogP contribution in [0.1, 0.15) is 5.56 Å². The first-order chi connectivity index (χ1) is 11.5. The van der Waals surface area contributed by atoms with E-state index in [4.69, 9.17) is 21.1 Å². The van der Waals surface area contributed by atoms with Crippen molar-refractivity contribution in [1.82, 2.24) is 4.72 Å². The number of ether oxygens (including phenoxy) is 2. The molecule has 0 aliphatic carbocycles. The van der Waals surface area contributed by atoms with Gasteiger partial charge in [-0.15, -0.1) is 0 Å². The molecule has 0 saturated heterocycles. The van der Waals surface area contributed by atoms with Crippen LogP contribution in [0.5, 0.6) is 11.5 Å². The van der Waals surface area contributed by atoms with Crippen LogP contribution >= 0.6 is 11.6 Å². The van der Waals surface area contributed by atoms with Gasteiger partial charge in [0.1, 0.15) is 16.4 Å². The van der Waals surface area contributed by atoms with E-state index in [0.717, 1.165) is 0 Å². The molecule has 0 bridgehead atoms. The molecule has 2 aromatic carbocycles. The van der Waals surface area contributed by atoms with Gasteiger partial charge in [0.25, 0.3) is 0 Å². The van der Waals surface area contributed by atoms with E-state index in [-0.39, 0.29) is 17.2 Å². The fourth-order valence-corrected chi connectivity index (χ4v) is 3.19. The van der Waals surface area contributed by atoms with Crippen LogP contribution in [0.2, 0.25) is 5.02 Å². The smallest absolute Gasteiger partial charge is 0.245 e. The quantitative estimate of drug-likeness (QED) is 0.827. The Balaban J connectivity index is 2.17. The third-order valence-corrected chi connectivity index (χ3v) is 4.86. The standard InChI is InChI=1S/C17H16ClNO4S/c1-22-14-9-10-16(23-2)17(12-14)24(20,21)19-11-5-7-13-6-3-4-8-15(13)18/h3-4,6,8-10,12,19H,11H2,1-2H3. The van der Waals surface area contributed by atoms with Crippen LogP contribution in [0.15, 0.2) is 47.4 Å². The summed E-state index contributed by atoms with van der Waals surface area (Å²) in [5.74, 6) is 6.20. The van der Waals surface area contributed by atoms with Crippen molar-refractivity contribution in [2.45, 2.75) is 4.90 Å². The molecule has 0 radical (unpaired) electrons. The molecule has 0 aliphatic heterocycles. The third kappa shape index (κ3) is 4.42. The van der Waals surface area contributed by atoms with Gasteiger partial charge in [0, 0.05) is 11.6 Å². The highest BCUT2D eigenvalue weighted by atomic mass is 35.5. The second-order valence-corrected chi connectivity index (χ2v) is 6.77. The second-order valence-electron chi connectivity index (χ2n) is 4.62. The number of sulfonamides is 1. The van der Waals surface area contributed by atoms with Crippen molar-refractivity contribution in [3.63, 3.8) is 0 Å². The number of methoxy groups -OCH3 is 2. The Morgan fingerprint density at radius 2 is 1.88 bits per heavy atom. The summed E-state index contributed by atoms with van der Waals surface area (Å²) in [6.45, 7) is -0.0616. The Morgan fingerprint density at radius 1 is 1.12 bits per heavy atom. The maximum atomic E-state index is 12.4. The minimum Gasteiger partial charge on any atom is -0.497 e. The van der Waals surface area contributed by atoms with E-state index >= 15 is 0 Å². The topological polar surface area (TPSA) is 64.6 Å². The largest absolute Gasteiger partial charge is 0.497 e. The van der Waals surface area contributed by atoms with Crippen LogP contribution in [0.25, 0.3) is 0 Å². The monoisotopic (exact) mass is 365 g/mol.